The topological polar surface area (TPSA) is 85.9 Å². The lowest BCUT2D eigenvalue weighted by Gasteiger charge is -2.35. The van der Waals surface area contributed by atoms with E-state index in [2.05, 4.69) is 17.1 Å². The molecule has 2 amide bonds. The Hall–Kier alpha value is -4.26. The van der Waals surface area contributed by atoms with E-state index in [1.54, 1.807) is 30.2 Å². The van der Waals surface area contributed by atoms with Crippen molar-refractivity contribution >= 4 is 22.7 Å². The molecule has 5 rings (SSSR count). The smallest absolute Gasteiger partial charge is 0.257 e. The van der Waals surface area contributed by atoms with Gasteiger partial charge >= 0.3 is 0 Å². The first-order chi connectivity index (χ1) is 17.5. The van der Waals surface area contributed by atoms with Gasteiger partial charge in [0.2, 0.25) is 5.91 Å². The van der Waals surface area contributed by atoms with E-state index in [1.807, 2.05) is 41.3 Å². The monoisotopic (exact) mass is 483 g/mol. The van der Waals surface area contributed by atoms with Gasteiger partial charge in [0.15, 0.2) is 0 Å². The van der Waals surface area contributed by atoms with E-state index >= 15 is 0 Å². The number of nitrogens with zero attached hydrogens (tertiary/aromatic N) is 2. The first-order valence-electron chi connectivity index (χ1n) is 12.1. The number of benzene rings is 3. The van der Waals surface area contributed by atoms with Gasteiger partial charge in [-0.15, -0.1) is 0 Å². The number of hydrogen-bond acceptors (Lipinski definition) is 4. The number of H-pyrrole nitrogens is 1. The van der Waals surface area contributed by atoms with Crippen LogP contribution in [0.25, 0.3) is 22.2 Å². The van der Waals surface area contributed by atoms with Gasteiger partial charge in [-0.3, -0.25) is 9.59 Å². The Morgan fingerprint density at radius 3 is 2.28 bits per heavy atom. The fourth-order valence-corrected chi connectivity index (χ4v) is 4.84. The molecule has 0 radical (unpaired) electrons. The van der Waals surface area contributed by atoms with E-state index in [0.29, 0.717) is 44.6 Å². The summed E-state index contributed by atoms with van der Waals surface area (Å²) in [6.07, 6.45) is 1.000. The number of carbonyl (C=O) groups excluding carboxylic acids is 2. The van der Waals surface area contributed by atoms with Gasteiger partial charge in [0.1, 0.15) is 11.5 Å². The molecule has 1 aliphatic rings. The molecule has 0 unspecified atom stereocenters. The summed E-state index contributed by atoms with van der Waals surface area (Å²) in [7, 11) is 1.65. The zero-order valence-electron chi connectivity index (χ0n) is 20.2. The Morgan fingerprint density at radius 2 is 1.56 bits per heavy atom. The van der Waals surface area contributed by atoms with Gasteiger partial charge in [-0.25, -0.2) is 0 Å². The predicted molar refractivity (Wildman–Crippen MR) is 139 cm³/mol. The minimum absolute atomic E-state index is 0.0209. The highest BCUT2D eigenvalue weighted by atomic mass is 16.5. The molecule has 0 aliphatic carbocycles. The highest BCUT2D eigenvalue weighted by molar-refractivity contribution is 5.97. The zero-order valence-corrected chi connectivity index (χ0v) is 20.2. The predicted octanol–water partition coefficient (Wildman–Crippen LogP) is 4.47. The molecule has 184 valence electrons. The minimum atomic E-state index is -0.205. The summed E-state index contributed by atoms with van der Waals surface area (Å²) in [5.41, 5.74) is 4.53. The van der Waals surface area contributed by atoms with Crippen LogP contribution in [-0.4, -0.2) is 65.0 Å². The second-order valence-electron chi connectivity index (χ2n) is 8.94. The Morgan fingerprint density at radius 1 is 0.889 bits per heavy atom. The maximum Gasteiger partial charge on any atom is 0.257 e. The highest BCUT2D eigenvalue weighted by Gasteiger charge is 2.26. The summed E-state index contributed by atoms with van der Waals surface area (Å²) in [5.74, 6) is 0.651. The van der Waals surface area contributed by atoms with Crippen molar-refractivity contribution in [3.63, 3.8) is 0 Å². The molecule has 0 saturated carbocycles. The van der Waals surface area contributed by atoms with Crippen molar-refractivity contribution in [1.82, 2.24) is 14.8 Å². The van der Waals surface area contributed by atoms with Crippen LogP contribution in [0.15, 0.2) is 72.8 Å². The average Bonchev–Trinajstić information content (AvgIpc) is 3.30. The number of aryl methyl sites for hydroxylation is 1. The molecule has 1 aliphatic heterocycles. The van der Waals surface area contributed by atoms with Gasteiger partial charge in [0, 0.05) is 49.2 Å². The lowest BCUT2D eigenvalue weighted by Crippen LogP contribution is -2.50. The second kappa shape index (κ2) is 10.2. The number of amides is 2. The SMILES string of the molecule is COc1ccc(-c2[nH]c3ccccc3c2CCC(=O)N2CCN(C(=O)c3ccccc3O)CC2)cc1. The number of fused-ring (bicyclic) bond motifs is 1. The number of aromatic hydroxyl groups is 1. The van der Waals surface area contributed by atoms with Crippen LogP contribution in [0.3, 0.4) is 0 Å². The van der Waals surface area contributed by atoms with Crippen LogP contribution >= 0.6 is 0 Å². The maximum atomic E-state index is 13.1. The number of piperazine rings is 1. The number of para-hydroxylation sites is 2. The molecule has 4 aromatic rings. The standard InChI is InChI=1S/C29H29N3O4/c1-36-21-12-10-20(11-13-21)28-23(22-6-2-4-8-25(22)30-28)14-15-27(34)31-16-18-32(19-17-31)29(35)24-7-3-5-9-26(24)33/h2-13,30,33H,14-19H2,1H3. The summed E-state index contributed by atoms with van der Waals surface area (Å²) in [6, 6.07) is 22.6. The lowest BCUT2D eigenvalue weighted by molar-refractivity contribution is -0.132. The molecule has 2 N–H and O–H groups in total. The molecule has 7 nitrogen and oxygen atoms in total. The fraction of sp³-hybridized carbons (Fsp3) is 0.241. The largest absolute Gasteiger partial charge is 0.507 e. The maximum absolute atomic E-state index is 13.1. The van der Waals surface area contributed by atoms with Gasteiger partial charge in [0.05, 0.1) is 12.7 Å². The number of aromatic nitrogens is 1. The van der Waals surface area contributed by atoms with Gasteiger partial charge in [0.25, 0.3) is 5.91 Å². The molecule has 0 spiro atoms. The first-order valence-corrected chi connectivity index (χ1v) is 12.1. The van der Waals surface area contributed by atoms with E-state index in [-0.39, 0.29) is 17.6 Å². The van der Waals surface area contributed by atoms with E-state index < -0.39 is 0 Å². The summed E-state index contributed by atoms with van der Waals surface area (Å²) < 4.78 is 5.30. The van der Waals surface area contributed by atoms with Gasteiger partial charge in [-0.05, 0) is 60.0 Å². The van der Waals surface area contributed by atoms with Crippen LogP contribution in [-0.2, 0) is 11.2 Å². The van der Waals surface area contributed by atoms with Crippen molar-refractivity contribution in [2.45, 2.75) is 12.8 Å². The summed E-state index contributed by atoms with van der Waals surface area (Å²) in [6.45, 7) is 1.86. The van der Waals surface area contributed by atoms with Crippen molar-refractivity contribution in [1.29, 1.82) is 0 Å². The Balaban J connectivity index is 1.26. The quantitative estimate of drug-likeness (QED) is 0.424. The highest BCUT2D eigenvalue weighted by Crippen LogP contribution is 2.32. The number of rotatable bonds is 6. The molecule has 1 saturated heterocycles. The number of hydrogen-bond donors (Lipinski definition) is 2. The third-order valence-electron chi connectivity index (χ3n) is 6.84. The van der Waals surface area contributed by atoms with Crippen LogP contribution in [0.2, 0.25) is 0 Å². The molecule has 1 aromatic heterocycles. The van der Waals surface area contributed by atoms with E-state index in [4.69, 9.17) is 4.74 Å². The van der Waals surface area contributed by atoms with Gasteiger partial charge in [-0.2, -0.15) is 0 Å². The lowest BCUT2D eigenvalue weighted by atomic mass is 10.0. The number of methoxy groups -OCH3 is 1. The number of phenolic OH excluding ortho intramolecular Hbond substituents is 1. The summed E-state index contributed by atoms with van der Waals surface area (Å²) in [5, 5.41) is 11.1. The third kappa shape index (κ3) is 4.64. The zero-order chi connectivity index (χ0) is 25.1. The van der Waals surface area contributed by atoms with Crippen molar-refractivity contribution in [2.24, 2.45) is 0 Å². The number of nitrogens with one attached hydrogen (secondary N) is 1. The van der Waals surface area contributed by atoms with Crippen LogP contribution in [0.1, 0.15) is 22.3 Å². The van der Waals surface area contributed by atoms with Crippen molar-refractivity contribution < 1.29 is 19.4 Å². The third-order valence-corrected chi connectivity index (χ3v) is 6.84. The molecular weight excluding hydrogens is 454 g/mol. The molecular formula is C29H29N3O4. The first kappa shape index (κ1) is 23.5. The molecule has 0 atom stereocenters. The number of carbonyl (C=O) groups is 2. The Labute approximate surface area is 209 Å². The van der Waals surface area contributed by atoms with Crippen LogP contribution in [0.5, 0.6) is 11.5 Å². The molecule has 3 aromatic carbocycles. The van der Waals surface area contributed by atoms with Crippen LogP contribution in [0, 0.1) is 0 Å². The van der Waals surface area contributed by atoms with Crippen molar-refractivity contribution in [3.05, 3.63) is 83.9 Å². The summed E-state index contributed by atoms with van der Waals surface area (Å²) in [4.78, 5) is 32.9. The van der Waals surface area contributed by atoms with Crippen molar-refractivity contribution in [2.75, 3.05) is 33.3 Å². The fourth-order valence-electron chi connectivity index (χ4n) is 4.84. The van der Waals surface area contributed by atoms with E-state index in [9.17, 15) is 14.7 Å². The normalized spacial score (nSPS) is 13.7. The van der Waals surface area contributed by atoms with Gasteiger partial charge < -0.3 is 24.6 Å². The molecule has 0 bridgehead atoms. The molecule has 7 heteroatoms. The minimum Gasteiger partial charge on any atom is -0.507 e. The number of aromatic amines is 1. The molecule has 2 heterocycles. The van der Waals surface area contributed by atoms with Crippen LogP contribution < -0.4 is 4.74 Å². The van der Waals surface area contributed by atoms with Crippen LogP contribution in [0.4, 0.5) is 0 Å². The van der Waals surface area contributed by atoms with Crippen molar-refractivity contribution in [3.8, 4) is 22.8 Å². The molecule has 36 heavy (non-hydrogen) atoms. The Bertz CT molecular complexity index is 1390. The Kier molecular flexibility index (Phi) is 6.62. The van der Waals surface area contributed by atoms with E-state index in [1.165, 1.54) is 6.07 Å². The molecule has 1 fully saturated rings. The van der Waals surface area contributed by atoms with E-state index in [0.717, 1.165) is 33.5 Å². The number of ether oxygens (including phenoxy) is 1. The second-order valence-corrected chi connectivity index (χ2v) is 8.94. The summed E-state index contributed by atoms with van der Waals surface area (Å²) >= 11 is 0. The average molecular weight is 484 g/mol. The van der Waals surface area contributed by atoms with Gasteiger partial charge in [-0.1, -0.05) is 30.3 Å². The number of phenols is 1.